The van der Waals surface area contributed by atoms with E-state index in [4.69, 9.17) is 0 Å². The van der Waals surface area contributed by atoms with Gasteiger partial charge in [-0.15, -0.1) is 0 Å². The second kappa shape index (κ2) is 6.68. The van der Waals surface area contributed by atoms with E-state index in [0.717, 1.165) is 40.1 Å². The average Bonchev–Trinajstić information content (AvgIpc) is 3.35. The molecule has 1 fully saturated rings. The van der Waals surface area contributed by atoms with Crippen LogP contribution in [0.4, 0.5) is 0 Å². The SMILES string of the molecule is CCn1ncnc1[C@@H](NCc1cc(=O)c2c(C)ccc(C)c2[nH]1)C1CC1. The number of benzene rings is 1. The number of aryl methyl sites for hydroxylation is 3. The van der Waals surface area contributed by atoms with Crippen LogP contribution < -0.4 is 10.7 Å². The van der Waals surface area contributed by atoms with Crippen molar-refractivity contribution in [3.63, 3.8) is 0 Å². The summed E-state index contributed by atoms with van der Waals surface area (Å²) in [6.07, 6.45) is 4.04. The maximum Gasteiger partial charge on any atom is 0.189 e. The zero-order chi connectivity index (χ0) is 18.3. The zero-order valence-corrected chi connectivity index (χ0v) is 15.5. The van der Waals surface area contributed by atoms with Gasteiger partial charge in [0.05, 0.1) is 11.6 Å². The summed E-state index contributed by atoms with van der Waals surface area (Å²) >= 11 is 0. The Balaban J connectivity index is 1.63. The summed E-state index contributed by atoms with van der Waals surface area (Å²) in [6, 6.07) is 5.96. The van der Waals surface area contributed by atoms with Gasteiger partial charge in [-0.1, -0.05) is 12.1 Å². The van der Waals surface area contributed by atoms with Gasteiger partial charge < -0.3 is 10.3 Å². The lowest BCUT2D eigenvalue weighted by atomic mass is 10.0. The molecule has 0 amide bonds. The lowest BCUT2D eigenvalue weighted by Crippen LogP contribution is -2.27. The third-order valence-corrected chi connectivity index (χ3v) is 5.29. The highest BCUT2D eigenvalue weighted by atomic mass is 16.1. The van der Waals surface area contributed by atoms with Crippen LogP contribution in [0.3, 0.4) is 0 Å². The fourth-order valence-electron chi connectivity index (χ4n) is 3.69. The molecule has 3 aromatic rings. The standard InChI is InChI=1S/C20H25N5O/c1-4-25-20(22-11-23-25)19(14-7-8-14)21-10-15-9-16(26)17-12(2)5-6-13(3)18(17)24-15/h5-6,9,11,14,19,21H,4,7-8,10H2,1-3H3,(H,24,26)/t19-/m0/s1. The first-order chi connectivity index (χ1) is 12.6. The predicted molar refractivity (Wildman–Crippen MR) is 102 cm³/mol. The first-order valence-electron chi connectivity index (χ1n) is 9.31. The topological polar surface area (TPSA) is 75.6 Å². The van der Waals surface area contributed by atoms with E-state index < -0.39 is 0 Å². The molecule has 0 radical (unpaired) electrons. The molecule has 1 aromatic carbocycles. The Morgan fingerprint density at radius 1 is 1.31 bits per heavy atom. The molecule has 2 aromatic heterocycles. The van der Waals surface area contributed by atoms with Crippen molar-refractivity contribution < 1.29 is 0 Å². The van der Waals surface area contributed by atoms with Crippen LogP contribution in [0.2, 0.25) is 0 Å². The number of H-pyrrole nitrogens is 1. The van der Waals surface area contributed by atoms with E-state index in [1.807, 2.05) is 24.6 Å². The number of rotatable bonds is 6. The largest absolute Gasteiger partial charge is 0.357 e. The van der Waals surface area contributed by atoms with Crippen molar-refractivity contribution in [2.24, 2.45) is 5.92 Å². The van der Waals surface area contributed by atoms with E-state index >= 15 is 0 Å². The Morgan fingerprint density at radius 3 is 2.81 bits per heavy atom. The van der Waals surface area contributed by atoms with Gasteiger partial charge in [0, 0.05) is 30.2 Å². The van der Waals surface area contributed by atoms with E-state index in [2.05, 4.69) is 33.4 Å². The summed E-state index contributed by atoms with van der Waals surface area (Å²) in [5.74, 6) is 1.59. The van der Waals surface area contributed by atoms with Crippen molar-refractivity contribution in [2.45, 2.75) is 52.7 Å². The summed E-state index contributed by atoms with van der Waals surface area (Å²) in [5.41, 5.74) is 4.03. The van der Waals surface area contributed by atoms with Gasteiger partial charge in [0.25, 0.3) is 0 Å². The van der Waals surface area contributed by atoms with Crippen LogP contribution in [0.15, 0.2) is 29.3 Å². The smallest absolute Gasteiger partial charge is 0.189 e. The highest BCUT2D eigenvalue weighted by molar-refractivity contribution is 5.84. The van der Waals surface area contributed by atoms with Crippen LogP contribution in [0.5, 0.6) is 0 Å². The van der Waals surface area contributed by atoms with E-state index in [1.54, 1.807) is 12.4 Å². The average molecular weight is 351 g/mol. The van der Waals surface area contributed by atoms with Crippen LogP contribution in [-0.4, -0.2) is 19.7 Å². The highest BCUT2D eigenvalue weighted by Gasteiger charge is 2.34. The van der Waals surface area contributed by atoms with Gasteiger partial charge in [0.2, 0.25) is 0 Å². The number of hydrogen-bond acceptors (Lipinski definition) is 4. The molecule has 4 rings (SSSR count). The molecular weight excluding hydrogens is 326 g/mol. The Bertz CT molecular complexity index is 999. The van der Waals surface area contributed by atoms with Crippen molar-refractivity contribution >= 4 is 10.9 Å². The lowest BCUT2D eigenvalue weighted by Gasteiger charge is -2.18. The van der Waals surface area contributed by atoms with Crippen molar-refractivity contribution in [2.75, 3.05) is 0 Å². The molecule has 0 bridgehead atoms. The fourth-order valence-corrected chi connectivity index (χ4v) is 3.69. The number of hydrogen-bond donors (Lipinski definition) is 2. The Morgan fingerprint density at radius 2 is 2.08 bits per heavy atom. The Labute approximate surface area is 152 Å². The molecule has 1 saturated carbocycles. The lowest BCUT2D eigenvalue weighted by molar-refractivity contribution is 0.427. The Hall–Kier alpha value is -2.47. The second-order valence-corrected chi connectivity index (χ2v) is 7.24. The minimum atomic E-state index is 0.0800. The number of nitrogens with one attached hydrogen (secondary N) is 2. The monoisotopic (exact) mass is 351 g/mol. The summed E-state index contributed by atoms with van der Waals surface area (Å²) in [6.45, 7) is 7.51. The summed E-state index contributed by atoms with van der Waals surface area (Å²) in [7, 11) is 0. The van der Waals surface area contributed by atoms with E-state index in [-0.39, 0.29) is 11.5 Å². The van der Waals surface area contributed by atoms with Crippen LogP contribution >= 0.6 is 0 Å². The van der Waals surface area contributed by atoms with Crippen LogP contribution in [0, 0.1) is 19.8 Å². The van der Waals surface area contributed by atoms with Crippen molar-refractivity contribution in [3.05, 3.63) is 57.4 Å². The highest BCUT2D eigenvalue weighted by Crippen LogP contribution is 2.40. The minimum Gasteiger partial charge on any atom is -0.357 e. The van der Waals surface area contributed by atoms with Gasteiger partial charge in [-0.25, -0.2) is 9.67 Å². The molecule has 136 valence electrons. The third kappa shape index (κ3) is 3.05. The van der Waals surface area contributed by atoms with Crippen LogP contribution in [0.25, 0.3) is 10.9 Å². The van der Waals surface area contributed by atoms with Gasteiger partial charge >= 0.3 is 0 Å². The van der Waals surface area contributed by atoms with E-state index in [0.29, 0.717) is 12.5 Å². The van der Waals surface area contributed by atoms with Gasteiger partial charge in [-0.3, -0.25) is 4.79 Å². The molecular formula is C20H25N5O. The van der Waals surface area contributed by atoms with Crippen molar-refractivity contribution in [1.82, 2.24) is 25.1 Å². The number of aromatic nitrogens is 4. The maximum absolute atomic E-state index is 12.6. The third-order valence-electron chi connectivity index (χ3n) is 5.29. The number of aromatic amines is 1. The molecule has 1 aliphatic carbocycles. The molecule has 1 aliphatic rings. The second-order valence-electron chi connectivity index (χ2n) is 7.24. The molecule has 0 aliphatic heterocycles. The Kier molecular flexibility index (Phi) is 4.36. The summed E-state index contributed by atoms with van der Waals surface area (Å²) < 4.78 is 1.95. The molecule has 0 spiro atoms. The molecule has 1 atom stereocenters. The first-order valence-corrected chi connectivity index (χ1v) is 9.31. The molecule has 2 heterocycles. The van der Waals surface area contributed by atoms with Crippen LogP contribution in [0.1, 0.15) is 48.5 Å². The fraction of sp³-hybridized carbons (Fsp3) is 0.450. The maximum atomic E-state index is 12.6. The number of fused-ring (bicyclic) bond motifs is 1. The molecule has 6 heteroatoms. The molecule has 0 saturated heterocycles. The van der Waals surface area contributed by atoms with Gasteiger partial charge in [-0.2, -0.15) is 5.10 Å². The number of pyridine rings is 1. The molecule has 0 unspecified atom stereocenters. The number of nitrogens with zero attached hydrogens (tertiary/aromatic N) is 3. The predicted octanol–water partition coefficient (Wildman–Crippen LogP) is 3.00. The van der Waals surface area contributed by atoms with Crippen molar-refractivity contribution in [1.29, 1.82) is 0 Å². The van der Waals surface area contributed by atoms with E-state index in [9.17, 15) is 4.79 Å². The first kappa shape index (κ1) is 17.0. The van der Waals surface area contributed by atoms with Gasteiger partial charge in [0.1, 0.15) is 12.2 Å². The molecule has 26 heavy (non-hydrogen) atoms. The summed E-state index contributed by atoms with van der Waals surface area (Å²) in [4.78, 5) is 20.5. The molecule has 2 N–H and O–H groups in total. The van der Waals surface area contributed by atoms with E-state index in [1.165, 1.54) is 12.8 Å². The minimum absolute atomic E-state index is 0.0800. The van der Waals surface area contributed by atoms with Gasteiger partial charge in [-0.05, 0) is 50.7 Å². The normalized spacial score (nSPS) is 15.5. The van der Waals surface area contributed by atoms with Gasteiger partial charge in [0.15, 0.2) is 5.43 Å². The summed E-state index contributed by atoms with van der Waals surface area (Å²) in [5, 5.41) is 8.70. The van der Waals surface area contributed by atoms with Crippen molar-refractivity contribution in [3.8, 4) is 0 Å². The quantitative estimate of drug-likeness (QED) is 0.716. The zero-order valence-electron chi connectivity index (χ0n) is 15.5. The van der Waals surface area contributed by atoms with Crippen LogP contribution in [-0.2, 0) is 13.1 Å². The molecule has 6 nitrogen and oxygen atoms in total.